The Labute approximate surface area is 160 Å². The molecule has 1 aromatic heterocycles. The third-order valence-electron chi connectivity index (χ3n) is 4.97. The standard InChI is InChI=1S/C20H27N5O2/c1-15-5-4-6-18(16(15)2)24-8-10-25(11-9-24)19(26)17-13-22-20(23-14-17)21-7-12-27-3/h4-6,13-14H,7-12H2,1-3H3,(H,21,22,23). The summed E-state index contributed by atoms with van der Waals surface area (Å²) < 4.78 is 4.98. The number of hydrogen-bond donors (Lipinski definition) is 1. The topological polar surface area (TPSA) is 70.6 Å². The number of ether oxygens (including phenoxy) is 1. The van der Waals surface area contributed by atoms with Crippen LogP contribution >= 0.6 is 0 Å². The zero-order valence-corrected chi connectivity index (χ0v) is 16.2. The molecule has 1 amide bonds. The number of aryl methyl sites for hydroxylation is 1. The molecule has 144 valence electrons. The van der Waals surface area contributed by atoms with E-state index in [1.54, 1.807) is 19.5 Å². The monoisotopic (exact) mass is 369 g/mol. The van der Waals surface area contributed by atoms with E-state index in [4.69, 9.17) is 4.74 Å². The van der Waals surface area contributed by atoms with Crippen LogP contribution in [0.5, 0.6) is 0 Å². The van der Waals surface area contributed by atoms with Gasteiger partial charge in [-0.1, -0.05) is 12.1 Å². The molecule has 1 fully saturated rings. The number of carbonyl (C=O) groups is 1. The lowest BCUT2D eigenvalue weighted by molar-refractivity contribution is 0.0746. The molecule has 0 unspecified atom stereocenters. The highest BCUT2D eigenvalue weighted by molar-refractivity contribution is 5.93. The molecular formula is C20H27N5O2. The summed E-state index contributed by atoms with van der Waals surface area (Å²) >= 11 is 0. The van der Waals surface area contributed by atoms with Crippen molar-refractivity contribution in [2.75, 3.05) is 56.7 Å². The molecule has 7 nitrogen and oxygen atoms in total. The van der Waals surface area contributed by atoms with Crippen molar-refractivity contribution in [3.8, 4) is 0 Å². The Morgan fingerprint density at radius 1 is 1.15 bits per heavy atom. The van der Waals surface area contributed by atoms with Crippen LogP contribution in [0.2, 0.25) is 0 Å². The number of nitrogens with zero attached hydrogens (tertiary/aromatic N) is 4. The number of aromatic nitrogens is 2. The smallest absolute Gasteiger partial charge is 0.257 e. The average molecular weight is 369 g/mol. The SMILES string of the molecule is COCCNc1ncc(C(=O)N2CCN(c3cccc(C)c3C)CC2)cn1. The molecule has 0 saturated carbocycles. The third-order valence-corrected chi connectivity index (χ3v) is 4.97. The van der Waals surface area contributed by atoms with Gasteiger partial charge in [0.25, 0.3) is 5.91 Å². The molecule has 0 atom stereocenters. The number of benzene rings is 1. The molecule has 0 aliphatic carbocycles. The van der Waals surface area contributed by atoms with Crippen LogP contribution in [0.25, 0.3) is 0 Å². The van der Waals surface area contributed by atoms with Gasteiger partial charge < -0.3 is 19.9 Å². The molecule has 1 saturated heterocycles. The van der Waals surface area contributed by atoms with Gasteiger partial charge in [0.2, 0.25) is 5.95 Å². The fourth-order valence-corrected chi connectivity index (χ4v) is 3.21. The van der Waals surface area contributed by atoms with E-state index in [0.29, 0.717) is 37.8 Å². The summed E-state index contributed by atoms with van der Waals surface area (Å²) in [5, 5.41) is 3.05. The Bertz CT molecular complexity index is 770. The predicted molar refractivity (Wildman–Crippen MR) is 106 cm³/mol. The Morgan fingerprint density at radius 2 is 1.85 bits per heavy atom. The molecule has 27 heavy (non-hydrogen) atoms. The van der Waals surface area contributed by atoms with Crippen LogP contribution in [-0.2, 0) is 4.74 Å². The molecule has 1 N–H and O–H groups in total. The van der Waals surface area contributed by atoms with Crippen molar-refractivity contribution < 1.29 is 9.53 Å². The lowest BCUT2D eigenvalue weighted by Crippen LogP contribution is -2.49. The largest absolute Gasteiger partial charge is 0.383 e. The quantitative estimate of drug-likeness (QED) is 0.787. The maximum Gasteiger partial charge on any atom is 0.257 e. The van der Waals surface area contributed by atoms with Crippen molar-refractivity contribution in [1.29, 1.82) is 0 Å². The van der Waals surface area contributed by atoms with Crippen molar-refractivity contribution in [3.05, 3.63) is 47.3 Å². The van der Waals surface area contributed by atoms with Gasteiger partial charge in [0.1, 0.15) is 0 Å². The minimum Gasteiger partial charge on any atom is -0.383 e. The Hall–Kier alpha value is -2.67. The van der Waals surface area contributed by atoms with E-state index in [9.17, 15) is 4.79 Å². The van der Waals surface area contributed by atoms with Crippen LogP contribution in [0.3, 0.4) is 0 Å². The van der Waals surface area contributed by atoms with E-state index in [1.807, 2.05) is 4.90 Å². The number of anilines is 2. The van der Waals surface area contributed by atoms with Gasteiger partial charge in [-0.2, -0.15) is 0 Å². The normalized spacial score (nSPS) is 14.3. The first-order chi connectivity index (χ1) is 13.1. The summed E-state index contributed by atoms with van der Waals surface area (Å²) in [4.78, 5) is 25.4. The van der Waals surface area contributed by atoms with Gasteiger partial charge in [-0.15, -0.1) is 0 Å². The maximum absolute atomic E-state index is 12.7. The second-order valence-electron chi connectivity index (χ2n) is 6.71. The summed E-state index contributed by atoms with van der Waals surface area (Å²) in [6.45, 7) is 8.54. The molecule has 2 aromatic rings. The first-order valence-electron chi connectivity index (χ1n) is 9.25. The van der Waals surface area contributed by atoms with E-state index >= 15 is 0 Å². The highest BCUT2D eigenvalue weighted by Gasteiger charge is 2.23. The zero-order chi connectivity index (χ0) is 19.2. The van der Waals surface area contributed by atoms with Crippen LogP contribution in [0.1, 0.15) is 21.5 Å². The van der Waals surface area contributed by atoms with Gasteiger partial charge in [0, 0.05) is 57.9 Å². The van der Waals surface area contributed by atoms with Crippen molar-refractivity contribution in [2.45, 2.75) is 13.8 Å². The number of rotatable bonds is 6. The Kier molecular flexibility index (Phi) is 6.24. The molecule has 0 spiro atoms. The van der Waals surface area contributed by atoms with E-state index < -0.39 is 0 Å². The summed E-state index contributed by atoms with van der Waals surface area (Å²) in [5.41, 5.74) is 4.38. The van der Waals surface area contributed by atoms with E-state index in [-0.39, 0.29) is 5.91 Å². The van der Waals surface area contributed by atoms with Crippen molar-refractivity contribution in [3.63, 3.8) is 0 Å². The van der Waals surface area contributed by atoms with Crippen LogP contribution in [0.4, 0.5) is 11.6 Å². The molecule has 0 radical (unpaired) electrons. The van der Waals surface area contributed by atoms with Crippen molar-refractivity contribution in [1.82, 2.24) is 14.9 Å². The zero-order valence-electron chi connectivity index (χ0n) is 16.2. The average Bonchev–Trinajstić information content (AvgIpc) is 2.70. The first-order valence-corrected chi connectivity index (χ1v) is 9.25. The van der Waals surface area contributed by atoms with Crippen LogP contribution < -0.4 is 10.2 Å². The molecule has 1 aromatic carbocycles. The van der Waals surface area contributed by atoms with Gasteiger partial charge in [-0.05, 0) is 31.0 Å². The third kappa shape index (κ3) is 4.54. The predicted octanol–water partition coefficient (Wildman–Crippen LogP) is 2.11. The van der Waals surface area contributed by atoms with Gasteiger partial charge >= 0.3 is 0 Å². The molecule has 1 aliphatic rings. The summed E-state index contributed by atoms with van der Waals surface area (Å²) in [6, 6.07) is 6.38. The molecule has 7 heteroatoms. The second-order valence-corrected chi connectivity index (χ2v) is 6.71. The van der Waals surface area contributed by atoms with Crippen LogP contribution in [-0.4, -0.2) is 67.2 Å². The fraction of sp³-hybridized carbons (Fsp3) is 0.450. The summed E-state index contributed by atoms with van der Waals surface area (Å²) in [5.74, 6) is 0.488. The van der Waals surface area contributed by atoms with E-state index in [2.05, 4.69) is 52.2 Å². The van der Waals surface area contributed by atoms with Crippen molar-refractivity contribution in [2.24, 2.45) is 0 Å². The lowest BCUT2D eigenvalue weighted by atomic mass is 10.1. The van der Waals surface area contributed by atoms with Gasteiger partial charge in [0.05, 0.1) is 12.2 Å². The number of nitrogens with one attached hydrogen (secondary N) is 1. The van der Waals surface area contributed by atoms with E-state index in [0.717, 1.165) is 13.1 Å². The molecule has 3 rings (SSSR count). The Balaban J connectivity index is 1.57. The highest BCUT2D eigenvalue weighted by atomic mass is 16.5. The number of methoxy groups -OCH3 is 1. The molecule has 2 heterocycles. The second kappa shape index (κ2) is 8.81. The number of hydrogen-bond acceptors (Lipinski definition) is 6. The minimum absolute atomic E-state index is 0.0148. The fourth-order valence-electron chi connectivity index (χ4n) is 3.21. The lowest BCUT2D eigenvalue weighted by Gasteiger charge is -2.37. The Morgan fingerprint density at radius 3 is 2.52 bits per heavy atom. The summed E-state index contributed by atoms with van der Waals surface area (Å²) in [7, 11) is 1.64. The number of piperazine rings is 1. The van der Waals surface area contributed by atoms with Gasteiger partial charge in [0.15, 0.2) is 0 Å². The first kappa shape index (κ1) is 19.1. The summed E-state index contributed by atoms with van der Waals surface area (Å²) in [6.07, 6.45) is 3.17. The van der Waals surface area contributed by atoms with Crippen LogP contribution in [0.15, 0.2) is 30.6 Å². The highest BCUT2D eigenvalue weighted by Crippen LogP contribution is 2.24. The van der Waals surface area contributed by atoms with Gasteiger partial charge in [-0.3, -0.25) is 4.79 Å². The van der Waals surface area contributed by atoms with Crippen LogP contribution in [0, 0.1) is 13.8 Å². The van der Waals surface area contributed by atoms with E-state index in [1.165, 1.54) is 16.8 Å². The number of carbonyl (C=O) groups excluding carboxylic acids is 1. The maximum atomic E-state index is 12.7. The van der Waals surface area contributed by atoms with Crippen molar-refractivity contribution >= 4 is 17.5 Å². The molecular weight excluding hydrogens is 342 g/mol. The molecule has 0 bridgehead atoms. The molecule has 1 aliphatic heterocycles. The van der Waals surface area contributed by atoms with Gasteiger partial charge in [-0.25, -0.2) is 9.97 Å². The number of amides is 1. The minimum atomic E-state index is -0.0148.